The Bertz CT molecular complexity index is 1510. The molecule has 2 heterocycles. The third-order valence-corrected chi connectivity index (χ3v) is 6.01. The first kappa shape index (κ1) is 26.8. The summed E-state index contributed by atoms with van der Waals surface area (Å²) in [7, 11) is 3.15. The van der Waals surface area contributed by atoms with Crippen molar-refractivity contribution in [3.05, 3.63) is 94.0 Å². The van der Waals surface area contributed by atoms with E-state index in [1.54, 1.807) is 38.4 Å². The van der Waals surface area contributed by atoms with Crippen molar-refractivity contribution in [2.45, 2.75) is 0 Å². The lowest BCUT2D eigenvalue weighted by atomic mass is 10.1. The fourth-order valence-corrected chi connectivity index (χ4v) is 3.96. The van der Waals surface area contributed by atoms with Crippen LogP contribution in [-0.4, -0.2) is 58.0 Å². The molecule has 0 aliphatic heterocycles. The molecule has 9 nitrogen and oxygen atoms in total. The molecule has 12 heteroatoms. The Hall–Kier alpha value is -4.28. The van der Waals surface area contributed by atoms with Crippen LogP contribution in [-0.2, 0) is 4.79 Å². The zero-order valence-corrected chi connectivity index (χ0v) is 21.7. The van der Waals surface area contributed by atoms with Crippen LogP contribution < -0.4 is 10.6 Å². The summed E-state index contributed by atoms with van der Waals surface area (Å²) in [6.45, 7) is -0.216. The van der Waals surface area contributed by atoms with E-state index in [2.05, 4.69) is 20.7 Å². The van der Waals surface area contributed by atoms with E-state index < -0.39 is 17.6 Å². The summed E-state index contributed by atoms with van der Waals surface area (Å²) in [5, 5.41) is 9.87. The number of likely N-dealkylation sites (N-methyl/N-ethyl adjacent to an activating group) is 1. The second-order valence-corrected chi connectivity index (χ2v) is 9.08. The first-order chi connectivity index (χ1) is 18.1. The molecule has 0 spiro atoms. The minimum atomic E-state index is -0.609. The number of hydrogen-bond donors (Lipinski definition) is 2. The van der Waals surface area contributed by atoms with Crippen LogP contribution in [0, 0.1) is 5.82 Å². The topological polar surface area (TPSA) is 109 Å². The van der Waals surface area contributed by atoms with E-state index in [9.17, 15) is 18.8 Å². The summed E-state index contributed by atoms with van der Waals surface area (Å²) in [6.07, 6.45) is 1.04. The zero-order chi connectivity index (χ0) is 27.4. The number of halogens is 3. The van der Waals surface area contributed by atoms with Crippen LogP contribution >= 0.6 is 23.2 Å². The van der Waals surface area contributed by atoms with Crippen molar-refractivity contribution in [2.24, 2.45) is 0 Å². The molecule has 0 unspecified atom stereocenters. The summed E-state index contributed by atoms with van der Waals surface area (Å²) in [5.41, 5.74) is 1.35. The van der Waals surface area contributed by atoms with Crippen LogP contribution in [0.25, 0.3) is 16.9 Å². The van der Waals surface area contributed by atoms with Crippen LogP contribution in [0.4, 0.5) is 10.2 Å². The Morgan fingerprint density at radius 2 is 1.71 bits per heavy atom. The Morgan fingerprint density at radius 1 is 0.974 bits per heavy atom. The molecule has 4 rings (SSSR count). The number of pyridine rings is 1. The van der Waals surface area contributed by atoms with Crippen molar-refractivity contribution in [3.63, 3.8) is 0 Å². The highest BCUT2D eigenvalue weighted by Gasteiger charge is 2.21. The number of aromatic nitrogens is 3. The van der Waals surface area contributed by atoms with Gasteiger partial charge in [0, 0.05) is 25.7 Å². The quantitative estimate of drug-likeness (QED) is 0.350. The van der Waals surface area contributed by atoms with Gasteiger partial charge < -0.3 is 15.5 Å². The third-order valence-electron chi connectivity index (χ3n) is 5.39. The first-order valence-corrected chi connectivity index (χ1v) is 12.0. The van der Waals surface area contributed by atoms with E-state index in [1.165, 1.54) is 39.9 Å². The number of rotatable bonds is 7. The van der Waals surface area contributed by atoms with Gasteiger partial charge in [0.25, 0.3) is 11.8 Å². The predicted octanol–water partition coefficient (Wildman–Crippen LogP) is 4.45. The number of amides is 3. The molecule has 0 atom stereocenters. The van der Waals surface area contributed by atoms with Crippen molar-refractivity contribution < 1.29 is 18.8 Å². The van der Waals surface area contributed by atoms with Crippen LogP contribution in [0.1, 0.15) is 20.8 Å². The van der Waals surface area contributed by atoms with Gasteiger partial charge in [-0.25, -0.2) is 9.07 Å². The number of carbonyl (C=O) groups excluding carboxylic acids is 3. The average molecular weight is 555 g/mol. The molecule has 2 aromatic heterocycles. The number of nitrogens with one attached hydrogen (secondary N) is 2. The second-order valence-electron chi connectivity index (χ2n) is 8.26. The Labute approximate surface area is 227 Å². The molecule has 3 amide bonds. The second kappa shape index (κ2) is 11.4. The van der Waals surface area contributed by atoms with Gasteiger partial charge in [-0.1, -0.05) is 41.4 Å². The van der Waals surface area contributed by atoms with Crippen molar-refractivity contribution >= 4 is 46.7 Å². The van der Waals surface area contributed by atoms with Gasteiger partial charge in [-0.15, -0.1) is 0 Å². The van der Waals surface area contributed by atoms with E-state index in [1.807, 2.05) is 6.07 Å². The van der Waals surface area contributed by atoms with E-state index in [4.69, 9.17) is 23.2 Å². The smallest absolute Gasteiger partial charge is 0.272 e. The molecule has 0 saturated carbocycles. The van der Waals surface area contributed by atoms with Crippen molar-refractivity contribution in [3.8, 4) is 16.9 Å². The highest BCUT2D eigenvalue weighted by molar-refractivity contribution is 6.38. The normalized spacial score (nSPS) is 10.7. The maximum Gasteiger partial charge on any atom is 0.272 e. The van der Waals surface area contributed by atoms with E-state index >= 15 is 0 Å². The number of nitrogens with zero attached hydrogens (tertiary/aromatic N) is 4. The Morgan fingerprint density at radius 3 is 2.37 bits per heavy atom. The summed E-state index contributed by atoms with van der Waals surface area (Å²) >= 11 is 12.7. The molecule has 0 aliphatic carbocycles. The fourth-order valence-electron chi connectivity index (χ4n) is 3.39. The van der Waals surface area contributed by atoms with Gasteiger partial charge in [0.15, 0.2) is 5.69 Å². The van der Waals surface area contributed by atoms with Gasteiger partial charge in [0.05, 0.1) is 39.7 Å². The summed E-state index contributed by atoms with van der Waals surface area (Å²) in [6, 6.07) is 15.7. The summed E-state index contributed by atoms with van der Waals surface area (Å²) in [4.78, 5) is 43.3. The van der Waals surface area contributed by atoms with Crippen molar-refractivity contribution in [1.29, 1.82) is 0 Å². The maximum absolute atomic E-state index is 13.3. The van der Waals surface area contributed by atoms with Gasteiger partial charge in [0.1, 0.15) is 11.6 Å². The van der Waals surface area contributed by atoms with Gasteiger partial charge in [-0.2, -0.15) is 5.10 Å². The number of anilines is 1. The lowest BCUT2D eigenvalue weighted by Gasteiger charge is -2.12. The van der Waals surface area contributed by atoms with E-state index in [0.717, 1.165) is 6.20 Å². The van der Waals surface area contributed by atoms with Crippen LogP contribution in [0.15, 0.2) is 66.9 Å². The fraction of sp³-hybridized carbons (Fsp3) is 0.115. The van der Waals surface area contributed by atoms with Crippen molar-refractivity contribution in [1.82, 2.24) is 25.0 Å². The van der Waals surface area contributed by atoms with Crippen LogP contribution in [0.2, 0.25) is 10.0 Å². The van der Waals surface area contributed by atoms with Crippen molar-refractivity contribution in [2.75, 3.05) is 26.0 Å². The zero-order valence-electron chi connectivity index (χ0n) is 20.2. The number of para-hydroxylation sites is 1. The van der Waals surface area contributed by atoms with Gasteiger partial charge in [-0.05, 0) is 36.4 Å². The van der Waals surface area contributed by atoms with Crippen LogP contribution in [0.3, 0.4) is 0 Å². The molecular weight excluding hydrogens is 534 g/mol. The molecule has 38 heavy (non-hydrogen) atoms. The monoisotopic (exact) mass is 554 g/mol. The molecule has 0 aliphatic rings. The molecule has 0 fully saturated rings. The molecule has 0 saturated heterocycles. The molecule has 0 radical (unpaired) electrons. The predicted molar refractivity (Wildman–Crippen MR) is 142 cm³/mol. The standard InChI is InChI=1S/C26H21Cl2FN6O3/c1-34(2)24(36)14-31-26(38)22-12-23(35(33-22)16-6-4-3-5-7-16)32-25(37)18-10-17(19(27)11-20(18)28)21-9-8-15(29)13-30-21/h3-13H,14H2,1-2H3,(H,31,38)(H,32,37). The lowest BCUT2D eigenvalue weighted by Crippen LogP contribution is -2.36. The number of hydrogen-bond acceptors (Lipinski definition) is 5. The molecule has 2 aromatic carbocycles. The average Bonchev–Trinajstić information content (AvgIpc) is 3.32. The summed E-state index contributed by atoms with van der Waals surface area (Å²) in [5.74, 6) is -1.84. The lowest BCUT2D eigenvalue weighted by molar-refractivity contribution is -0.127. The van der Waals surface area contributed by atoms with E-state index in [0.29, 0.717) is 16.9 Å². The highest BCUT2D eigenvalue weighted by Crippen LogP contribution is 2.32. The Balaban J connectivity index is 1.66. The first-order valence-electron chi connectivity index (χ1n) is 11.2. The molecule has 0 bridgehead atoms. The number of carbonyl (C=O) groups is 3. The highest BCUT2D eigenvalue weighted by atomic mass is 35.5. The molecule has 194 valence electrons. The molecule has 2 N–H and O–H groups in total. The SMILES string of the molecule is CN(C)C(=O)CNC(=O)c1cc(NC(=O)c2cc(-c3ccc(F)cn3)c(Cl)cc2Cl)n(-c2ccccc2)n1. The van der Waals surface area contributed by atoms with E-state index in [-0.39, 0.29) is 39.6 Å². The number of benzene rings is 2. The molecule has 4 aromatic rings. The minimum absolute atomic E-state index is 0.0193. The Kier molecular flexibility index (Phi) is 8.04. The maximum atomic E-state index is 13.3. The molecular formula is C26H21Cl2FN6O3. The third kappa shape index (κ3) is 5.99. The summed E-state index contributed by atoms with van der Waals surface area (Å²) < 4.78 is 14.7. The minimum Gasteiger partial charge on any atom is -0.347 e. The largest absolute Gasteiger partial charge is 0.347 e. The van der Waals surface area contributed by atoms with Gasteiger partial charge in [0.2, 0.25) is 5.91 Å². The van der Waals surface area contributed by atoms with Gasteiger partial charge >= 0.3 is 0 Å². The van der Waals surface area contributed by atoms with Gasteiger partial charge in [-0.3, -0.25) is 19.4 Å². The van der Waals surface area contributed by atoms with Crippen LogP contribution in [0.5, 0.6) is 0 Å².